The van der Waals surface area contributed by atoms with Crippen LogP contribution in [-0.2, 0) is 9.59 Å². The van der Waals surface area contributed by atoms with Crippen molar-refractivity contribution in [1.82, 2.24) is 51.5 Å². The van der Waals surface area contributed by atoms with Crippen LogP contribution in [0.3, 0.4) is 0 Å². The summed E-state index contributed by atoms with van der Waals surface area (Å²) in [5, 5.41) is 17.3. The predicted molar refractivity (Wildman–Crippen MR) is 209 cm³/mol. The highest BCUT2D eigenvalue weighted by atomic mass is 32.1. The summed E-state index contributed by atoms with van der Waals surface area (Å²) in [6.45, 7) is 15.2. The fourth-order valence-electron chi connectivity index (χ4n) is 5.70. The van der Waals surface area contributed by atoms with E-state index in [0.717, 1.165) is 11.3 Å². The maximum Gasteiger partial charge on any atom is 0.274 e. The molecule has 0 aromatic carbocycles. The number of pyridine rings is 1. The number of primary amides is 1. The number of aryl methyl sites for hydroxylation is 2. The van der Waals surface area contributed by atoms with Gasteiger partial charge >= 0.3 is 0 Å². The van der Waals surface area contributed by atoms with E-state index in [0.29, 0.717) is 15.6 Å². The van der Waals surface area contributed by atoms with Crippen molar-refractivity contribution in [3.8, 4) is 22.0 Å². The summed E-state index contributed by atoms with van der Waals surface area (Å²) in [7, 11) is 0. The highest BCUT2D eigenvalue weighted by molar-refractivity contribution is 7.13. The SMILES string of the molecule is C=C(NC(=O)c1ccc2c(n1)-c1nc(oc1C)C(C)NC(=O)c1csc(n1)C(C)NC(=O)c1nc(oc1C)C(C)NC(=O)[C@H](C(C)C)NC(=O)c1csc-2n1)C(N)=O. The summed E-state index contributed by atoms with van der Waals surface area (Å²) < 4.78 is 11.8. The molecule has 7 N–H and O–H groups in total. The van der Waals surface area contributed by atoms with Gasteiger partial charge in [-0.25, -0.2) is 24.9 Å². The molecule has 5 aromatic rings. The summed E-state index contributed by atoms with van der Waals surface area (Å²) in [5.41, 5.74) is 5.54. The third kappa shape index (κ3) is 8.54. The van der Waals surface area contributed by atoms with Crippen molar-refractivity contribution in [2.24, 2.45) is 11.7 Å². The molecule has 6 heterocycles. The van der Waals surface area contributed by atoms with E-state index in [1.165, 1.54) is 22.8 Å². The van der Waals surface area contributed by atoms with Crippen molar-refractivity contribution < 1.29 is 37.6 Å². The molecule has 0 aliphatic carbocycles. The Hall–Kier alpha value is -6.61. The average molecular weight is 830 g/mol. The molecule has 5 aromatic heterocycles. The first-order valence-electron chi connectivity index (χ1n) is 17.8. The van der Waals surface area contributed by atoms with Crippen LogP contribution in [0.25, 0.3) is 22.0 Å². The zero-order valence-electron chi connectivity index (χ0n) is 32.3. The Morgan fingerprint density at radius 3 is 2.02 bits per heavy atom. The Kier molecular flexibility index (Phi) is 11.7. The van der Waals surface area contributed by atoms with Crippen molar-refractivity contribution in [2.75, 3.05) is 0 Å². The lowest BCUT2D eigenvalue weighted by atomic mass is 10.0. The molecule has 21 heteroatoms. The number of oxazole rings is 2. The van der Waals surface area contributed by atoms with Gasteiger partial charge in [-0.2, -0.15) is 0 Å². The Balaban J connectivity index is 1.42. The van der Waals surface area contributed by atoms with Crippen LogP contribution in [0.15, 0.2) is 44.0 Å². The van der Waals surface area contributed by atoms with Gasteiger partial charge in [0.15, 0.2) is 5.69 Å². The maximum absolute atomic E-state index is 13.6. The van der Waals surface area contributed by atoms with Crippen molar-refractivity contribution in [3.63, 3.8) is 0 Å². The number of rotatable bonds is 4. The topological polar surface area (TPSA) is 279 Å². The van der Waals surface area contributed by atoms with Gasteiger partial charge in [-0.3, -0.25) is 28.8 Å². The second-order valence-corrected chi connectivity index (χ2v) is 15.5. The number of carbonyl (C=O) groups is 6. The Morgan fingerprint density at radius 2 is 1.34 bits per heavy atom. The van der Waals surface area contributed by atoms with Crippen LogP contribution < -0.4 is 32.3 Å². The minimum atomic E-state index is -1.01. The maximum atomic E-state index is 13.6. The molecule has 0 saturated carbocycles. The number of carbonyl (C=O) groups excluding carboxylic acids is 6. The fraction of sp³-hybridized carbons (Fsp3) is 0.324. The number of hydrogen-bond acceptors (Lipinski definition) is 15. The van der Waals surface area contributed by atoms with Crippen LogP contribution >= 0.6 is 22.7 Å². The lowest BCUT2D eigenvalue weighted by molar-refractivity contribution is -0.124. The first-order valence-corrected chi connectivity index (χ1v) is 19.6. The van der Waals surface area contributed by atoms with Gasteiger partial charge < -0.3 is 41.2 Å². The first kappa shape index (κ1) is 41.0. The third-order valence-corrected chi connectivity index (χ3v) is 10.8. The van der Waals surface area contributed by atoms with Crippen LogP contribution in [0.4, 0.5) is 0 Å². The van der Waals surface area contributed by atoms with Gasteiger partial charge in [-0.1, -0.05) is 20.4 Å². The molecule has 0 fully saturated rings. The molecule has 6 rings (SSSR count). The molecular weight excluding hydrogens is 791 g/mol. The van der Waals surface area contributed by atoms with Gasteiger partial charge in [0.2, 0.25) is 17.7 Å². The second kappa shape index (κ2) is 16.5. The van der Waals surface area contributed by atoms with Gasteiger partial charge in [0.25, 0.3) is 29.5 Å². The van der Waals surface area contributed by atoms with E-state index in [4.69, 9.17) is 14.6 Å². The largest absolute Gasteiger partial charge is 0.443 e. The van der Waals surface area contributed by atoms with Crippen LogP contribution in [0.5, 0.6) is 0 Å². The smallest absolute Gasteiger partial charge is 0.274 e. The Bertz CT molecular complexity index is 2480. The lowest BCUT2D eigenvalue weighted by Gasteiger charge is -2.22. The number of nitrogens with zero attached hydrogens (tertiary/aromatic N) is 5. The van der Waals surface area contributed by atoms with Crippen LogP contribution in [0.2, 0.25) is 0 Å². The second-order valence-electron chi connectivity index (χ2n) is 13.7. The molecule has 58 heavy (non-hydrogen) atoms. The normalized spacial score (nSPS) is 19.0. The van der Waals surface area contributed by atoms with Gasteiger partial charge in [0, 0.05) is 16.3 Å². The molecule has 0 radical (unpaired) electrons. The molecular formula is C37H39N11O8S2. The molecule has 19 nitrogen and oxygen atoms in total. The molecule has 4 atom stereocenters. The molecule has 6 amide bonds. The quantitative estimate of drug-likeness (QED) is 0.142. The first-order chi connectivity index (χ1) is 27.4. The number of amides is 6. The van der Waals surface area contributed by atoms with Crippen LogP contribution in [0, 0.1) is 19.8 Å². The predicted octanol–water partition coefficient (Wildman–Crippen LogP) is 3.58. The highest BCUT2D eigenvalue weighted by Crippen LogP contribution is 2.35. The molecule has 3 unspecified atom stereocenters. The summed E-state index contributed by atoms with van der Waals surface area (Å²) in [6.07, 6.45) is 0. The minimum absolute atomic E-state index is 0.00615. The van der Waals surface area contributed by atoms with E-state index in [-0.39, 0.29) is 69.1 Å². The molecule has 0 saturated heterocycles. The third-order valence-electron chi connectivity index (χ3n) is 8.88. The summed E-state index contributed by atoms with van der Waals surface area (Å²) >= 11 is 2.26. The zero-order chi connectivity index (χ0) is 42.2. The Labute approximate surface area is 338 Å². The van der Waals surface area contributed by atoms with Crippen molar-refractivity contribution in [3.05, 3.63) is 86.3 Å². The molecule has 302 valence electrons. The summed E-state index contributed by atoms with van der Waals surface area (Å²) in [6, 6.07) is -0.285. The van der Waals surface area contributed by atoms with Crippen molar-refractivity contribution in [1.29, 1.82) is 0 Å². The van der Waals surface area contributed by atoms with Crippen LogP contribution in [0.1, 0.15) is 123 Å². The van der Waals surface area contributed by atoms with E-state index in [9.17, 15) is 28.8 Å². The van der Waals surface area contributed by atoms with E-state index < -0.39 is 59.6 Å². The monoisotopic (exact) mass is 829 g/mol. The number of nitrogens with two attached hydrogens (primary N) is 1. The van der Waals surface area contributed by atoms with Crippen molar-refractivity contribution >= 4 is 58.1 Å². The van der Waals surface area contributed by atoms with Gasteiger partial charge in [0.05, 0.1) is 11.7 Å². The van der Waals surface area contributed by atoms with Gasteiger partial charge in [-0.05, 0) is 52.7 Å². The van der Waals surface area contributed by atoms with E-state index in [2.05, 4.69) is 58.1 Å². The molecule has 8 bridgehead atoms. The standard InChI is InChI=1S/C37H39N11O8S2/c1-13(2)24-32(53)41-16(5)35-48-26(19(8)56-35)33(54)42-17(6)36-44-22(11-57-36)30(51)40-15(4)34-47-25(18(7)55-34)27-20(37-45-23(12-58-37)31(52)46-24)9-10-21(43-27)29(50)39-14(3)28(38)49/h9-13,15-17,24H,3H2,1-2,4-8H3,(H2,38,49)(H,39,50)(H,40,51)(H,41,53)(H,42,54)(H,46,52)/t15?,16?,17?,24-/m0/s1. The van der Waals surface area contributed by atoms with E-state index in [1.54, 1.807) is 59.9 Å². The minimum Gasteiger partial charge on any atom is -0.443 e. The molecule has 1 aliphatic rings. The number of thiazole rings is 2. The van der Waals surface area contributed by atoms with Gasteiger partial charge in [0.1, 0.15) is 68.1 Å². The van der Waals surface area contributed by atoms with E-state index >= 15 is 0 Å². The number of aromatic nitrogens is 5. The van der Waals surface area contributed by atoms with Crippen molar-refractivity contribution in [2.45, 2.75) is 72.6 Å². The van der Waals surface area contributed by atoms with Crippen LogP contribution in [-0.4, -0.2) is 66.4 Å². The number of fused-ring (bicyclic) bond motifs is 11. The zero-order valence-corrected chi connectivity index (χ0v) is 33.9. The Morgan fingerprint density at radius 1 is 0.759 bits per heavy atom. The van der Waals surface area contributed by atoms with E-state index in [1.807, 2.05) is 0 Å². The highest BCUT2D eigenvalue weighted by Gasteiger charge is 2.31. The summed E-state index contributed by atoms with van der Waals surface area (Å²) in [5.74, 6) is -3.70. The molecule has 1 aliphatic heterocycles. The number of nitrogens with one attached hydrogen (secondary N) is 5. The molecule has 0 spiro atoms. The van der Waals surface area contributed by atoms with Gasteiger partial charge in [-0.15, -0.1) is 22.7 Å². The average Bonchev–Trinajstić information content (AvgIpc) is 3.99. The summed E-state index contributed by atoms with van der Waals surface area (Å²) in [4.78, 5) is 101. The fourth-order valence-corrected chi connectivity index (χ4v) is 7.33. The number of hydrogen-bond donors (Lipinski definition) is 6. The lowest BCUT2D eigenvalue weighted by Crippen LogP contribution is -2.50.